The molecule has 1 aromatic carbocycles. The van der Waals surface area contributed by atoms with Crippen LogP contribution in [0.5, 0.6) is 0 Å². The summed E-state index contributed by atoms with van der Waals surface area (Å²) in [5.41, 5.74) is 0.534. The summed E-state index contributed by atoms with van der Waals surface area (Å²) in [4.78, 5) is 13.7. The Labute approximate surface area is 116 Å². The first-order chi connectivity index (χ1) is 8.58. The molecule has 1 saturated heterocycles. The molecule has 1 fully saturated rings. The Morgan fingerprint density at radius 3 is 2.94 bits per heavy atom. The van der Waals surface area contributed by atoms with Crippen LogP contribution in [0.25, 0.3) is 0 Å². The number of amides is 2. The van der Waals surface area contributed by atoms with Gasteiger partial charge in [0.25, 0.3) is 0 Å². The Morgan fingerprint density at radius 1 is 1.50 bits per heavy atom. The summed E-state index contributed by atoms with van der Waals surface area (Å²) >= 11 is 11.9. The van der Waals surface area contributed by atoms with E-state index in [0.717, 1.165) is 19.5 Å². The Bertz CT molecular complexity index is 447. The van der Waals surface area contributed by atoms with Gasteiger partial charge in [0.05, 0.1) is 10.7 Å². The summed E-state index contributed by atoms with van der Waals surface area (Å²) in [6.07, 6.45) is 0.965. The highest BCUT2D eigenvalue weighted by Gasteiger charge is 2.23. The molecule has 0 aliphatic carbocycles. The van der Waals surface area contributed by atoms with Crippen LogP contribution in [0.2, 0.25) is 10.0 Å². The fraction of sp³-hybridized carbons (Fsp3) is 0.417. The van der Waals surface area contributed by atoms with Gasteiger partial charge in [-0.1, -0.05) is 23.2 Å². The second-order valence-electron chi connectivity index (χ2n) is 4.31. The summed E-state index contributed by atoms with van der Waals surface area (Å²) < 4.78 is 0. The van der Waals surface area contributed by atoms with Crippen molar-refractivity contribution >= 4 is 34.9 Å². The Balaban J connectivity index is 2.03. The summed E-state index contributed by atoms with van der Waals surface area (Å²) in [6.45, 7) is 1.77. The number of rotatable bonds is 2. The molecule has 1 aliphatic rings. The van der Waals surface area contributed by atoms with E-state index in [9.17, 15) is 4.79 Å². The minimum absolute atomic E-state index is 0.173. The van der Waals surface area contributed by atoms with Crippen molar-refractivity contribution in [2.45, 2.75) is 12.5 Å². The van der Waals surface area contributed by atoms with Gasteiger partial charge in [0.2, 0.25) is 0 Å². The highest BCUT2D eigenvalue weighted by molar-refractivity contribution is 6.35. The highest BCUT2D eigenvalue weighted by atomic mass is 35.5. The van der Waals surface area contributed by atoms with E-state index in [0.29, 0.717) is 15.7 Å². The molecule has 1 aliphatic heterocycles. The van der Waals surface area contributed by atoms with E-state index in [-0.39, 0.29) is 12.1 Å². The fourth-order valence-electron chi connectivity index (χ4n) is 1.93. The molecule has 2 rings (SSSR count). The van der Waals surface area contributed by atoms with E-state index in [2.05, 4.69) is 10.6 Å². The molecule has 1 heterocycles. The summed E-state index contributed by atoms with van der Waals surface area (Å²) in [6, 6.07) is 5.04. The minimum Gasteiger partial charge on any atom is -0.323 e. The van der Waals surface area contributed by atoms with Crippen molar-refractivity contribution in [3.63, 3.8) is 0 Å². The van der Waals surface area contributed by atoms with Gasteiger partial charge in [-0.2, -0.15) is 0 Å². The number of hydrogen-bond donors (Lipinski definition) is 2. The van der Waals surface area contributed by atoms with Crippen molar-refractivity contribution in [1.29, 1.82) is 0 Å². The largest absolute Gasteiger partial charge is 0.323 e. The van der Waals surface area contributed by atoms with Crippen LogP contribution in [0.1, 0.15) is 6.42 Å². The number of anilines is 1. The second kappa shape index (κ2) is 5.78. The SMILES string of the molecule is CN(C(=O)Nc1cc(Cl)ccc1Cl)C1CCNC1. The molecular weight excluding hydrogens is 273 g/mol. The molecule has 98 valence electrons. The number of halogens is 2. The Kier molecular flexibility index (Phi) is 4.32. The van der Waals surface area contributed by atoms with Crippen LogP contribution in [0.3, 0.4) is 0 Å². The number of carbonyl (C=O) groups excluding carboxylic acids is 1. The summed E-state index contributed by atoms with van der Waals surface area (Å²) in [7, 11) is 1.78. The van der Waals surface area contributed by atoms with Gasteiger partial charge in [-0.25, -0.2) is 4.79 Å². The van der Waals surface area contributed by atoms with Gasteiger partial charge in [0.1, 0.15) is 0 Å². The lowest BCUT2D eigenvalue weighted by molar-refractivity contribution is 0.208. The van der Waals surface area contributed by atoms with Crippen molar-refractivity contribution in [3.05, 3.63) is 28.2 Å². The third-order valence-electron chi connectivity index (χ3n) is 3.07. The van der Waals surface area contributed by atoms with E-state index in [1.54, 1.807) is 30.1 Å². The average molecular weight is 288 g/mol. The van der Waals surface area contributed by atoms with Crippen LogP contribution >= 0.6 is 23.2 Å². The average Bonchev–Trinajstić information content (AvgIpc) is 2.86. The third-order valence-corrected chi connectivity index (χ3v) is 3.64. The monoisotopic (exact) mass is 287 g/mol. The first-order valence-corrected chi connectivity index (χ1v) is 6.53. The number of nitrogens with zero attached hydrogens (tertiary/aromatic N) is 1. The van der Waals surface area contributed by atoms with Crippen molar-refractivity contribution in [2.24, 2.45) is 0 Å². The molecule has 0 radical (unpaired) electrons. The predicted octanol–water partition coefficient (Wildman–Crippen LogP) is 2.82. The smallest absolute Gasteiger partial charge is 0.321 e. The molecule has 0 saturated carbocycles. The zero-order valence-electron chi connectivity index (χ0n) is 10.0. The Hall–Kier alpha value is -0.970. The van der Waals surface area contributed by atoms with Crippen molar-refractivity contribution < 1.29 is 4.79 Å². The zero-order chi connectivity index (χ0) is 13.1. The molecule has 1 aromatic rings. The number of hydrogen-bond acceptors (Lipinski definition) is 2. The van der Waals surface area contributed by atoms with Gasteiger partial charge in [-0.3, -0.25) is 0 Å². The standard InChI is InChI=1S/C12H15Cl2N3O/c1-17(9-4-5-15-7-9)12(18)16-11-6-8(13)2-3-10(11)14/h2-3,6,9,15H,4-5,7H2,1H3,(H,16,18). The fourth-order valence-corrected chi connectivity index (χ4v) is 2.27. The van der Waals surface area contributed by atoms with Crippen molar-refractivity contribution in [1.82, 2.24) is 10.2 Å². The molecule has 1 unspecified atom stereocenters. The number of benzene rings is 1. The molecule has 18 heavy (non-hydrogen) atoms. The van der Waals surface area contributed by atoms with Crippen LogP contribution < -0.4 is 10.6 Å². The minimum atomic E-state index is -0.173. The first-order valence-electron chi connectivity index (χ1n) is 5.77. The molecule has 2 amide bonds. The maximum Gasteiger partial charge on any atom is 0.321 e. The zero-order valence-corrected chi connectivity index (χ0v) is 11.6. The van der Waals surface area contributed by atoms with Gasteiger partial charge in [-0.05, 0) is 31.2 Å². The van der Waals surface area contributed by atoms with E-state index in [1.165, 1.54) is 0 Å². The Morgan fingerprint density at radius 2 is 2.28 bits per heavy atom. The molecular formula is C12H15Cl2N3O. The number of carbonyl (C=O) groups is 1. The lowest BCUT2D eigenvalue weighted by Crippen LogP contribution is -2.41. The predicted molar refractivity (Wildman–Crippen MR) is 74.5 cm³/mol. The maximum atomic E-state index is 12.0. The molecule has 6 heteroatoms. The maximum absolute atomic E-state index is 12.0. The molecule has 0 spiro atoms. The van der Waals surface area contributed by atoms with Crippen LogP contribution in [0.4, 0.5) is 10.5 Å². The van der Waals surface area contributed by atoms with Crippen molar-refractivity contribution in [2.75, 3.05) is 25.5 Å². The van der Waals surface area contributed by atoms with Crippen LogP contribution in [0, 0.1) is 0 Å². The molecule has 4 nitrogen and oxygen atoms in total. The number of urea groups is 1. The van der Waals surface area contributed by atoms with E-state index in [4.69, 9.17) is 23.2 Å². The molecule has 0 aromatic heterocycles. The van der Waals surface area contributed by atoms with Gasteiger partial charge in [0, 0.05) is 24.7 Å². The molecule has 0 bridgehead atoms. The normalized spacial score (nSPS) is 18.7. The van der Waals surface area contributed by atoms with Crippen LogP contribution in [-0.2, 0) is 0 Å². The summed E-state index contributed by atoms with van der Waals surface area (Å²) in [5.74, 6) is 0. The van der Waals surface area contributed by atoms with Crippen LogP contribution in [-0.4, -0.2) is 37.1 Å². The van der Waals surface area contributed by atoms with Gasteiger partial charge >= 0.3 is 6.03 Å². The van der Waals surface area contributed by atoms with Crippen LogP contribution in [0.15, 0.2) is 18.2 Å². The van der Waals surface area contributed by atoms with Gasteiger partial charge in [-0.15, -0.1) is 0 Å². The lowest BCUT2D eigenvalue weighted by Gasteiger charge is -2.24. The lowest BCUT2D eigenvalue weighted by atomic mass is 10.2. The van der Waals surface area contributed by atoms with Gasteiger partial charge in [0.15, 0.2) is 0 Å². The highest BCUT2D eigenvalue weighted by Crippen LogP contribution is 2.25. The number of likely N-dealkylation sites (N-methyl/N-ethyl adjacent to an activating group) is 1. The van der Waals surface area contributed by atoms with Gasteiger partial charge < -0.3 is 15.5 Å². The number of nitrogens with one attached hydrogen (secondary N) is 2. The third kappa shape index (κ3) is 3.07. The summed E-state index contributed by atoms with van der Waals surface area (Å²) in [5, 5.41) is 7.01. The van der Waals surface area contributed by atoms with E-state index in [1.807, 2.05) is 0 Å². The molecule has 1 atom stereocenters. The van der Waals surface area contributed by atoms with Crippen molar-refractivity contribution in [3.8, 4) is 0 Å². The van der Waals surface area contributed by atoms with E-state index < -0.39 is 0 Å². The molecule has 2 N–H and O–H groups in total. The first kappa shape index (κ1) is 13.5. The topological polar surface area (TPSA) is 44.4 Å². The quantitative estimate of drug-likeness (QED) is 0.879. The van der Waals surface area contributed by atoms with E-state index >= 15 is 0 Å². The second-order valence-corrected chi connectivity index (χ2v) is 5.16.